The highest BCUT2D eigenvalue weighted by molar-refractivity contribution is 7.90. The fourth-order valence-electron chi connectivity index (χ4n) is 1.99. The van der Waals surface area contributed by atoms with Crippen molar-refractivity contribution in [1.82, 2.24) is 0 Å². The molecule has 0 saturated heterocycles. The predicted molar refractivity (Wildman–Crippen MR) is 84.3 cm³/mol. The van der Waals surface area contributed by atoms with Gasteiger partial charge in [-0.25, -0.2) is 12.8 Å². The Balaban J connectivity index is 2.47. The second-order valence-corrected chi connectivity index (χ2v) is 7.22. The molecule has 22 heavy (non-hydrogen) atoms. The van der Waals surface area contributed by atoms with E-state index in [0.717, 1.165) is 12.3 Å². The van der Waals surface area contributed by atoms with E-state index in [1.165, 1.54) is 37.3 Å². The van der Waals surface area contributed by atoms with Crippen LogP contribution in [-0.4, -0.2) is 20.6 Å². The molecular weight excluding hydrogens is 329 g/mol. The summed E-state index contributed by atoms with van der Waals surface area (Å²) in [6.07, 6.45) is 1.10. The predicted octanol–water partition coefficient (Wildman–Crippen LogP) is 3.51. The summed E-state index contributed by atoms with van der Waals surface area (Å²) >= 11 is 6.07. The van der Waals surface area contributed by atoms with E-state index in [2.05, 4.69) is 5.32 Å². The molecule has 0 aromatic heterocycles. The van der Waals surface area contributed by atoms with E-state index in [9.17, 15) is 17.6 Å². The molecule has 1 N–H and O–H groups in total. The number of sulfone groups is 1. The Labute approximate surface area is 132 Å². The fraction of sp³-hybridized carbons (Fsp3) is 0.133. The summed E-state index contributed by atoms with van der Waals surface area (Å²) in [7, 11) is -3.32. The number of carbonyl (C=O) groups is 1. The standard InChI is InChI=1S/C15H13ClFNO3S/c1-9(19)18-11-7-13(16)15(14(17)8-11)10-3-5-12(6-4-10)22(2,20)21/h3-8H,1-2H3,(H,18,19). The Morgan fingerprint density at radius 3 is 2.23 bits per heavy atom. The number of amides is 1. The van der Waals surface area contributed by atoms with Gasteiger partial charge in [0.15, 0.2) is 9.84 Å². The number of carbonyl (C=O) groups excluding carboxylic acids is 1. The van der Waals surface area contributed by atoms with Gasteiger partial charge in [-0.1, -0.05) is 23.7 Å². The highest BCUT2D eigenvalue weighted by atomic mass is 35.5. The van der Waals surface area contributed by atoms with E-state index in [1.807, 2.05) is 0 Å². The van der Waals surface area contributed by atoms with Crippen molar-refractivity contribution >= 4 is 33.0 Å². The van der Waals surface area contributed by atoms with Crippen LogP contribution in [0.3, 0.4) is 0 Å². The van der Waals surface area contributed by atoms with Crippen molar-refractivity contribution in [3.05, 3.63) is 47.2 Å². The van der Waals surface area contributed by atoms with Crippen LogP contribution in [0.5, 0.6) is 0 Å². The first-order chi connectivity index (χ1) is 10.2. The minimum Gasteiger partial charge on any atom is -0.326 e. The van der Waals surface area contributed by atoms with Gasteiger partial charge in [-0.15, -0.1) is 0 Å². The molecule has 0 aliphatic rings. The van der Waals surface area contributed by atoms with Crippen LogP contribution in [0.1, 0.15) is 6.92 Å². The molecule has 0 aliphatic carbocycles. The highest BCUT2D eigenvalue weighted by Gasteiger charge is 2.14. The molecule has 0 atom stereocenters. The Hall–Kier alpha value is -1.92. The maximum absolute atomic E-state index is 14.2. The van der Waals surface area contributed by atoms with Crippen LogP contribution in [0.25, 0.3) is 11.1 Å². The van der Waals surface area contributed by atoms with Gasteiger partial charge in [-0.2, -0.15) is 0 Å². The molecule has 0 spiro atoms. The molecule has 0 heterocycles. The maximum Gasteiger partial charge on any atom is 0.221 e. The Bertz CT molecular complexity index is 809. The second-order valence-electron chi connectivity index (χ2n) is 4.79. The molecule has 2 aromatic carbocycles. The van der Waals surface area contributed by atoms with E-state index in [1.54, 1.807) is 0 Å². The quantitative estimate of drug-likeness (QED) is 0.929. The van der Waals surface area contributed by atoms with E-state index in [0.29, 0.717) is 5.56 Å². The third kappa shape index (κ3) is 3.64. The van der Waals surface area contributed by atoms with Gasteiger partial charge in [-0.3, -0.25) is 4.79 Å². The minimum atomic E-state index is -3.32. The molecule has 1 amide bonds. The number of nitrogens with one attached hydrogen (secondary N) is 1. The normalized spacial score (nSPS) is 11.3. The van der Waals surface area contributed by atoms with Crippen molar-refractivity contribution in [1.29, 1.82) is 0 Å². The Kier molecular flexibility index (Phi) is 4.53. The summed E-state index contributed by atoms with van der Waals surface area (Å²) in [4.78, 5) is 11.1. The van der Waals surface area contributed by atoms with Crippen LogP contribution in [0.2, 0.25) is 5.02 Å². The van der Waals surface area contributed by atoms with Crippen molar-refractivity contribution in [3.8, 4) is 11.1 Å². The summed E-state index contributed by atoms with van der Waals surface area (Å²) in [6.45, 7) is 1.31. The lowest BCUT2D eigenvalue weighted by Crippen LogP contribution is -2.06. The smallest absolute Gasteiger partial charge is 0.221 e. The van der Waals surface area contributed by atoms with Crippen molar-refractivity contribution in [3.63, 3.8) is 0 Å². The molecule has 0 unspecified atom stereocenters. The van der Waals surface area contributed by atoms with Crippen molar-refractivity contribution in [2.45, 2.75) is 11.8 Å². The van der Waals surface area contributed by atoms with E-state index in [-0.39, 0.29) is 27.1 Å². The van der Waals surface area contributed by atoms with Gasteiger partial charge in [0.1, 0.15) is 5.82 Å². The molecule has 0 radical (unpaired) electrons. The molecule has 0 fully saturated rings. The average molecular weight is 342 g/mol. The molecule has 0 aliphatic heterocycles. The summed E-state index contributed by atoms with van der Waals surface area (Å²) in [5.41, 5.74) is 0.853. The van der Waals surface area contributed by atoms with Crippen LogP contribution in [-0.2, 0) is 14.6 Å². The van der Waals surface area contributed by atoms with Gasteiger partial charge in [0.2, 0.25) is 5.91 Å². The summed E-state index contributed by atoms with van der Waals surface area (Å²) in [5.74, 6) is -0.941. The maximum atomic E-state index is 14.2. The third-order valence-corrected chi connectivity index (χ3v) is 4.36. The molecule has 7 heteroatoms. The molecule has 2 aromatic rings. The largest absolute Gasteiger partial charge is 0.326 e. The Morgan fingerprint density at radius 2 is 1.77 bits per heavy atom. The molecule has 2 rings (SSSR count). The number of hydrogen-bond donors (Lipinski definition) is 1. The minimum absolute atomic E-state index is 0.121. The fourth-order valence-corrected chi connectivity index (χ4v) is 2.94. The lowest BCUT2D eigenvalue weighted by atomic mass is 10.0. The highest BCUT2D eigenvalue weighted by Crippen LogP contribution is 2.33. The zero-order chi connectivity index (χ0) is 16.5. The number of rotatable bonds is 3. The Morgan fingerprint density at radius 1 is 1.18 bits per heavy atom. The lowest BCUT2D eigenvalue weighted by molar-refractivity contribution is -0.114. The van der Waals surface area contributed by atoms with Gasteiger partial charge in [-0.05, 0) is 29.8 Å². The number of anilines is 1. The molecule has 0 bridgehead atoms. The van der Waals surface area contributed by atoms with Gasteiger partial charge in [0.25, 0.3) is 0 Å². The zero-order valence-electron chi connectivity index (χ0n) is 11.9. The molecule has 0 saturated carbocycles. The lowest BCUT2D eigenvalue weighted by Gasteiger charge is -2.10. The summed E-state index contributed by atoms with van der Waals surface area (Å²) < 4.78 is 37.1. The topological polar surface area (TPSA) is 63.2 Å². The SMILES string of the molecule is CC(=O)Nc1cc(F)c(-c2ccc(S(C)(=O)=O)cc2)c(Cl)c1. The van der Waals surface area contributed by atoms with Crippen molar-refractivity contribution < 1.29 is 17.6 Å². The molecule has 116 valence electrons. The number of halogens is 2. The van der Waals surface area contributed by atoms with E-state index in [4.69, 9.17) is 11.6 Å². The summed E-state index contributed by atoms with van der Waals surface area (Å²) in [6, 6.07) is 8.35. The zero-order valence-corrected chi connectivity index (χ0v) is 13.4. The van der Waals surface area contributed by atoms with Crippen LogP contribution in [0.4, 0.5) is 10.1 Å². The van der Waals surface area contributed by atoms with Gasteiger partial charge in [0.05, 0.1) is 9.92 Å². The van der Waals surface area contributed by atoms with Gasteiger partial charge < -0.3 is 5.32 Å². The first-order valence-corrected chi connectivity index (χ1v) is 8.52. The second kappa shape index (κ2) is 6.06. The van der Waals surface area contributed by atoms with Gasteiger partial charge in [0, 0.05) is 24.4 Å². The van der Waals surface area contributed by atoms with Crippen LogP contribution >= 0.6 is 11.6 Å². The number of benzene rings is 2. The van der Waals surface area contributed by atoms with Crippen LogP contribution < -0.4 is 5.32 Å². The van der Waals surface area contributed by atoms with Crippen LogP contribution in [0, 0.1) is 5.82 Å². The first kappa shape index (κ1) is 16.5. The van der Waals surface area contributed by atoms with Gasteiger partial charge >= 0.3 is 0 Å². The number of hydrogen-bond acceptors (Lipinski definition) is 3. The average Bonchev–Trinajstić information content (AvgIpc) is 2.36. The van der Waals surface area contributed by atoms with Crippen molar-refractivity contribution in [2.24, 2.45) is 0 Å². The summed E-state index contributed by atoms with van der Waals surface area (Å²) in [5, 5.41) is 2.57. The third-order valence-electron chi connectivity index (χ3n) is 2.93. The van der Waals surface area contributed by atoms with Crippen LogP contribution in [0.15, 0.2) is 41.3 Å². The van der Waals surface area contributed by atoms with E-state index < -0.39 is 15.7 Å². The monoisotopic (exact) mass is 341 g/mol. The van der Waals surface area contributed by atoms with E-state index >= 15 is 0 Å². The molecule has 4 nitrogen and oxygen atoms in total. The van der Waals surface area contributed by atoms with Crippen molar-refractivity contribution in [2.75, 3.05) is 11.6 Å². The molecular formula is C15H13ClFNO3S. The first-order valence-electron chi connectivity index (χ1n) is 6.25.